The predicted molar refractivity (Wildman–Crippen MR) is 75.6 cm³/mol. The molecule has 1 heterocycles. The molecule has 2 N–H and O–H groups in total. The van der Waals surface area contributed by atoms with E-state index in [0.717, 1.165) is 17.3 Å². The first-order valence-corrected chi connectivity index (χ1v) is 6.19. The maximum Gasteiger partial charge on any atom is 0.323 e. The Hall–Kier alpha value is -2.67. The Labute approximate surface area is 123 Å². The summed E-state index contributed by atoms with van der Waals surface area (Å²) in [4.78, 5) is 41.2. The highest BCUT2D eigenvalue weighted by Crippen LogP contribution is 2.19. The number of aliphatic carboxylic acids is 1. The number of amides is 1. The van der Waals surface area contributed by atoms with Crippen molar-refractivity contribution in [3.05, 3.63) is 57.7 Å². The van der Waals surface area contributed by atoms with Crippen molar-refractivity contribution in [2.75, 3.05) is 11.4 Å². The van der Waals surface area contributed by atoms with Crippen molar-refractivity contribution in [2.45, 2.75) is 0 Å². The summed E-state index contributed by atoms with van der Waals surface area (Å²) < 4.78 is 0. The molecule has 0 saturated carbocycles. The van der Waals surface area contributed by atoms with Gasteiger partial charge in [0.25, 0.3) is 11.5 Å². The zero-order chi connectivity index (χ0) is 15.4. The van der Waals surface area contributed by atoms with Crippen LogP contribution in [-0.4, -0.2) is 33.5 Å². The Kier molecular flexibility index (Phi) is 4.34. The van der Waals surface area contributed by atoms with E-state index in [2.05, 4.69) is 9.97 Å². The van der Waals surface area contributed by atoms with E-state index >= 15 is 0 Å². The number of carbonyl (C=O) groups is 2. The van der Waals surface area contributed by atoms with Crippen molar-refractivity contribution in [1.82, 2.24) is 9.97 Å². The minimum absolute atomic E-state index is 0.0641. The molecule has 108 valence electrons. The van der Waals surface area contributed by atoms with Crippen LogP contribution in [0.5, 0.6) is 0 Å². The monoisotopic (exact) mass is 307 g/mol. The fraction of sp³-hybridized carbons (Fsp3) is 0.0769. The highest BCUT2D eigenvalue weighted by molar-refractivity contribution is 6.30. The van der Waals surface area contributed by atoms with Crippen molar-refractivity contribution in [2.24, 2.45) is 0 Å². The second-order valence-corrected chi connectivity index (χ2v) is 4.49. The molecule has 1 aromatic carbocycles. The Balaban J connectivity index is 2.37. The third-order valence-corrected chi connectivity index (χ3v) is 2.82. The van der Waals surface area contributed by atoms with Gasteiger partial charge < -0.3 is 10.1 Å². The molecule has 0 fully saturated rings. The summed E-state index contributed by atoms with van der Waals surface area (Å²) >= 11 is 5.76. The lowest BCUT2D eigenvalue weighted by Gasteiger charge is -2.20. The molecule has 0 saturated heterocycles. The lowest BCUT2D eigenvalue weighted by Crippen LogP contribution is -2.36. The average molecular weight is 308 g/mol. The van der Waals surface area contributed by atoms with Crippen molar-refractivity contribution in [1.29, 1.82) is 0 Å². The minimum Gasteiger partial charge on any atom is -0.480 e. The van der Waals surface area contributed by atoms with Gasteiger partial charge in [0, 0.05) is 16.9 Å². The number of rotatable bonds is 4. The lowest BCUT2D eigenvalue weighted by molar-refractivity contribution is -0.135. The highest BCUT2D eigenvalue weighted by Gasteiger charge is 2.21. The fourth-order valence-corrected chi connectivity index (χ4v) is 1.76. The van der Waals surface area contributed by atoms with Crippen LogP contribution in [-0.2, 0) is 4.79 Å². The van der Waals surface area contributed by atoms with E-state index in [0.29, 0.717) is 10.7 Å². The highest BCUT2D eigenvalue weighted by atomic mass is 35.5. The Morgan fingerprint density at radius 1 is 1.29 bits per heavy atom. The first-order valence-electron chi connectivity index (χ1n) is 5.81. The van der Waals surface area contributed by atoms with Crippen LogP contribution in [0.25, 0.3) is 0 Å². The molecule has 21 heavy (non-hydrogen) atoms. The van der Waals surface area contributed by atoms with E-state index < -0.39 is 24.0 Å². The van der Waals surface area contributed by atoms with Crippen LogP contribution in [0, 0.1) is 0 Å². The topological polar surface area (TPSA) is 103 Å². The number of carboxylic acid groups (broad SMARTS) is 1. The van der Waals surface area contributed by atoms with Crippen LogP contribution in [0.4, 0.5) is 5.69 Å². The molecule has 1 amide bonds. The smallest absolute Gasteiger partial charge is 0.323 e. The summed E-state index contributed by atoms with van der Waals surface area (Å²) in [7, 11) is 0. The van der Waals surface area contributed by atoms with Crippen LogP contribution in [0.15, 0.2) is 41.5 Å². The number of H-pyrrole nitrogens is 1. The number of halogens is 1. The van der Waals surface area contributed by atoms with Crippen LogP contribution >= 0.6 is 11.6 Å². The Morgan fingerprint density at radius 2 is 1.95 bits per heavy atom. The van der Waals surface area contributed by atoms with Gasteiger partial charge >= 0.3 is 5.97 Å². The number of benzene rings is 1. The van der Waals surface area contributed by atoms with Gasteiger partial charge in [0.05, 0.1) is 6.20 Å². The number of aromatic amines is 1. The first kappa shape index (κ1) is 14.7. The largest absolute Gasteiger partial charge is 0.480 e. The van der Waals surface area contributed by atoms with Gasteiger partial charge in [-0.3, -0.25) is 19.3 Å². The number of carboxylic acids is 1. The number of anilines is 1. The summed E-state index contributed by atoms with van der Waals surface area (Å²) in [6, 6.07) is 6.13. The van der Waals surface area contributed by atoms with E-state index in [1.165, 1.54) is 12.1 Å². The molecular weight excluding hydrogens is 298 g/mol. The lowest BCUT2D eigenvalue weighted by atomic mass is 10.2. The summed E-state index contributed by atoms with van der Waals surface area (Å²) in [5.74, 6) is -1.82. The van der Waals surface area contributed by atoms with Crippen LogP contribution in [0.1, 0.15) is 10.5 Å². The molecule has 0 bridgehead atoms. The van der Waals surface area contributed by atoms with Crippen LogP contribution < -0.4 is 10.5 Å². The number of aromatic nitrogens is 2. The van der Waals surface area contributed by atoms with E-state index in [9.17, 15) is 14.4 Å². The van der Waals surface area contributed by atoms with Gasteiger partial charge in [-0.15, -0.1) is 0 Å². The van der Waals surface area contributed by atoms with Crippen molar-refractivity contribution >= 4 is 29.2 Å². The zero-order valence-electron chi connectivity index (χ0n) is 10.6. The first-order chi connectivity index (χ1) is 9.97. The molecule has 2 rings (SSSR count). The predicted octanol–water partition coefficient (Wildman–Crippen LogP) is 1.15. The van der Waals surface area contributed by atoms with Gasteiger partial charge in [0.1, 0.15) is 12.2 Å². The fourth-order valence-electron chi connectivity index (χ4n) is 1.63. The normalized spacial score (nSPS) is 10.1. The standard InChI is InChI=1S/C13H10ClN3O4/c14-8-1-3-9(4-2-8)17(7-12(19)20)13(21)10-5-16-11(18)6-15-10/h1-6H,7H2,(H,16,18)(H,19,20). The van der Waals surface area contributed by atoms with Gasteiger partial charge in [-0.05, 0) is 24.3 Å². The van der Waals surface area contributed by atoms with Gasteiger partial charge in [0.2, 0.25) is 0 Å². The maximum atomic E-state index is 12.3. The molecule has 0 aliphatic rings. The quantitative estimate of drug-likeness (QED) is 0.882. The van der Waals surface area contributed by atoms with Crippen LogP contribution in [0.3, 0.4) is 0 Å². The molecular formula is C13H10ClN3O4. The SMILES string of the molecule is O=C(O)CN(C(=O)c1c[nH]c(=O)cn1)c1ccc(Cl)cc1. The molecule has 1 aromatic heterocycles. The van der Waals surface area contributed by atoms with Gasteiger partial charge in [-0.25, -0.2) is 4.98 Å². The molecule has 8 heteroatoms. The van der Waals surface area contributed by atoms with E-state index in [1.54, 1.807) is 12.1 Å². The second-order valence-electron chi connectivity index (χ2n) is 4.06. The van der Waals surface area contributed by atoms with Crippen molar-refractivity contribution < 1.29 is 14.7 Å². The Morgan fingerprint density at radius 3 is 2.48 bits per heavy atom. The van der Waals surface area contributed by atoms with Crippen molar-refractivity contribution in [3.63, 3.8) is 0 Å². The number of carbonyl (C=O) groups excluding carboxylic acids is 1. The molecule has 0 spiro atoms. The van der Waals surface area contributed by atoms with E-state index in [-0.39, 0.29) is 5.69 Å². The molecule has 0 aliphatic carbocycles. The van der Waals surface area contributed by atoms with Crippen LogP contribution in [0.2, 0.25) is 5.02 Å². The average Bonchev–Trinajstić information content (AvgIpc) is 2.46. The molecule has 2 aromatic rings. The summed E-state index contributed by atoms with van der Waals surface area (Å²) in [5.41, 5.74) is -0.159. The van der Waals surface area contributed by atoms with Gasteiger partial charge in [-0.2, -0.15) is 0 Å². The molecule has 0 unspecified atom stereocenters. The molecule has 0 radical (unpaired) electrons. The third-order valence-electron chi connectivity index (χ3n) is 2.57. The second kappa shape index (κ2) is 6.19. The van der Waals surface area contributed by atoms with Gasteiger partial charge in [-0.1, -0.05) is 11.6 Å². The number of nitrogens with zero attached hydrogens (tertiary/aromatic N) is 2. The zero-order valence-corrected chi connectivity index (χ0v) is 11.4. The summed E-state index contributed by atoms with van der Waals surface area (Å²) in [6.45, 7) is -0.540. The Bertz CT molecular complexity index is 706. The van der Waals surface area contributed by atoms with Gasteiger partial charge in [0.15, 0.2) is 0 Å². The van der Waals surface area contributed by atoms with E-state index in [4.69, 9.17) is 16.7 Å². The summed E-state index contributed by atoms with van der Waals surface area (Å²) in [6.07, 6.45) is 2.09. The third kappa shape index (κ3) is 3.67. The number of hydrogen-bond donors (Lipinski definition) is 2. The minimum atomic E-state index is -1.18. The summed E-state index contributed by atoms with van der Waals surface area (Å²) in [5, 5.41) is 9.40. The molecule has 0 aliphatic heterocycles. The molecule has 0 atom stereocenters. The van der Waals surface area contributed by atoms with Crippen molar-refractivity contribution in [3.8, 4) is 0 Å². The number of nitrogens with one attached hydrogen (secondary N) is 1. The maximum absolute atomic E-state index is 12.3. The number of hydrogen-bond acceptors (Lipinski definition) is 4. The van der Waals surface area contributed by atoms with E-state index in [1.807, 2.05) is 0 Å². The molecule has 7 nitrogen and oxygen atoms in total.